The summed E-state index contributed by atoms with van der Waals surface area (Å²) in [7, 11) is -0.815. The molecule has 242 valence electrons. The van der Waals surface area contributed by atoms with Gasteiger partial charge in [0.2, 0.25) is 5.91 Å². The molecule has 4 aromatic rings. The van der Waals surface area contributed by atoms with Crippen LogP contribution in [0.25, 0.3) is 0 Å². The Morgan fingerprint density at radius 1 is 0.848 bits per heavy atom. The number of methoxy groups -OCH3 is 2. The third-order valence-corrected chi connectivity index (χ3v) is 8.51. The number of rotatable bonds is 15. The van der Waals surface area contributed by atoms with E-state index in [9.17, 15) is 22.4 Å². The highest BCUT2D eigenvalue weighted by atomic mass is 32.2. The molecule has 1 atom stereocenters. The smallest absolute Gasteiger partial charge is 0.261 e. The molecule has 0 heterocycles. The molecule has 12 heteroatoms. The third kappa shape index (κ3) is 9.21. The number of halogens is 1. The molecule has 0 aliphatic carbocycles. The lowest BCUT2D eigenvalue weighted by Gasteiger charge is -2.28. The van der Waals surface area contributed by atoms with Crippen molar-refractivity contribution >= 4 is 27.5 Å². The van der Waals surface area contributed by atoms with Gasteiger partial charge in [0.05, 0.1) is 19.1 Å². The Hall–Kier alpha value is -5.10. The molecule has 46 heavy (non-hydrogen) atoms. The fraction of sp³-hybridized carbons (Fsp3) is 0.235. The van der Waals surface area contributed by atoms with E-state index in [2.05, 4.69) is 10.0 Å². The molecule has 0 aromatic heterocycles. The second-order valence-electron chi connectivity index (χ2n) is 10.3. The van der Waals surface area contributed by atoms with Gasteiger partial charge in [0.25, 0.3) is 15.9 Å². The van der Waals surface area contributed by atoms with Crippen molar-refractivity contribution in [3.05, 3.63) is 114 Å². The number of nitrogens with zero attached hydrogens (tertiary/aromatic N) is 1. The van der Waals surface area contributed by atoms with Crippen molar-refractivity contribution in [2.75, 3.05) is 32.1 Å². The van der Waals surface area contributed by atoms with E-state index in [0.717, 1.165) is 23.3 Å². The number of anilines is 1. The van der Waals surface area contributed by atoms with Crippen LogP contribution >= 0.6 is 0 Å². The van der Waals surface area contributed by atoms with Gasteiger partial charge >= 0.3 is 0 Å². The van der Waals surface area contributed by atoms with Crippen LogP contribution in [0.4, 0.5) is 10.1 Å². The quantitative estimate of drug-likeness (QED) is 0.190. The molecule has 2 N–H and O–H groups in total. The van der Waals surface area contributed by atoms with Crippen molar-refractivity contribution in [1.29, 1.82) is 0 Å². The minimum Gasteiger partial charge on any atom is -0.493 e. The van der Waals surface area contributed by atoms with E-state index in [1.165, 1.54) is 41.3 Å². The first-order valence-electron chi connectivity index (χ1n) is 14.4. The van der Waals surface area contributed by atoms with E-state index in [0.29, 0.717) is 24.5 Å². The van der Waals surface area contributed by atoms with Crippen molar-refractivity contribution in [1.82, 2.24) is 10.2 Å². The van der Waals surface area contributed by atoms with Gasteiger partial charge in [-0.1, -0.05) is 36.4 Å². The van der Waals surface area contributed by atoms with Gasteiger partial charge in [0.1, 0.15) is 17.6 Å². The molecule has 0 bridgehead atoms. The van der Waals surface area contributed by atoms with E-state index in [1.807, 2.05) is 42.5 Å². The Balaban J connectivity index is 1.37. The Morgan fingerprint density at radius 2 is 1.52 bits per heavy atom. The Bertz CT molecular complexity index is 1720. The van der Waals surface area contributed by atoms with Crippen molar-refractivity contribution in [3.63, 3.8) is 0 Å². The third-order valence-electron chi connectivity index (χ3n) is 7.12. The molecular formula is C34H36FN3O7S. The van der Waals surface area contributed by atoms with Crippen LogP contribution in [0, 0.1) is 5.82 Å². The summed E-state index contributed by atoms with van der Waals surface area (Å²) in [5, 5.41) is 2.91. The number of amides is 2. The highest BCUT2D eigenvalue weighted by Gasteiger charge is 2.26. The molecule has 0 radical (unpaired) electrons. The summed E-state index contributed by atoms with van der Waals surface area (Å²) in [5.74, 6) is 0.232. The van der Waals surface area contributed by atoms with Crippen LogP contribution in [-0.4, -0.2) is 58.5 Å². The van der Waals surface area contributed by atoms with E-state index in [4.69, 9.17) is 14.2 Å². The Labute approximate surface area is 268 Å². The lowest BCUT2D eigenvalue weighted by atomic mass is 10.1. The first kappa shape index (κ1) is 33.8. The number of hydrogen-bond acceptors (Lipinski definition) is 7. The molecule has 0 saturated heterocycles. The second-order valence-corrected chi connectivity index (χ2v) is 12.0. The molecule has 0 fully saturated rings. The average molecular weight is 650 g/mol. The summed E-state index contributed by atoms with van der Waals surface area (Å²) >= 11 is 0. The van der Waals surface area contributed by atoms with E-state index in [-0.39, 0.29) is 35.4 Å². The lowest BCUT2D eigenvalue weighted by Crippen LogP contribution is -2.49. The van der Waals surface area contributed by atoms with Crippen molar-refractivity contribution < 1.29 is 36.6 Å². The average Bonchev–Trinajstić information content (AvgIpc) is 3.07. The Kier molecular flexibility index (Phi) is 11.6. The number of benzene rings is 4. The van der Waals surface area contributed by atoms with Crippen LogP contribution in [0.3, 0.4) is 0 Å². The zero-order valence-electron chi connectivity index (χ0n) is 25.7. The molecule has 4 aromatic carbocycles. The number of sulfonamides is 1. The van der Waals surface area contributed by atoms with Gasteiger partial charge < -0.3 is 24.4 Å². The van der Waals surface area contributed by atoms with Crippen molar-refractivity contribution in [2.24, 2.45) is 0 Å². The zero-order valence-corrected chi connectivity index (χ0v) is 26.6. The summed E-state index contributed by atoms with van der Waals surface area (Å²) in [5.41, 5.74) is 2.00. The Morgan fingerprint density at radius 3 is 2.17 bits per heavy atom. The first-order chi connectivity index (χ1) is 22.1. The summed E-state index contributed by atoms with van der Waals surface area (Å²) in [6.45, 7) is 1.80. The number of carbonyl (C=O) groups excluding carboxylic acids is 2. The number of hydrogen-bond donors (Lipinski definition) is 2. The predicted molar refractivity (Wildman–Crippen MR) is 172 cm³/mol. The van der Waals surface area contributed by atoms with Gasteiger partial charge in [0.15, 0.2) is 18.1 Å². The van der Waals surface area contributed by atoms with E-state index in [1.54, 1.807) is 27.2 Å². The largest absolute Gasteiger partial charge is 0.493 e. The predicted octanol–water partition coefficient (Wildman–Crippen LogP) is 4.80. The van der Waals surface area contributed by atoms with Crippen LogP contribution in [0.1, 0.15) is 18.1 Å². The summed E-state index contributed by atoms with van der Waals surface area (Å²) < 4.78 is 57.3. The molecular weight excluding hydrogens is 613 g/mol. The monoisotopic (exact) mass is 649 g/mol. The standard InChI is InChI=1S/C34H36FN3O7S/c1-24(34(40)36-20-19-25-9-18-31(43-2)32(21-25)44-3)38(22-26-7-5-4-6-8-26)33(39)23-45-29-14-16-30(17-15-29)46(41,42)37-28-12-10-27(35)11-13-28/h4-18,21,24,37H,19-20,22-23H2,1-3H3,(H,36,40). The van der Waals surface area contributed by atoms with Gasteiger partial charge in [-0.2, -0.15) is 0 Å². The molecule has 1 unspecified atom stereocenters. The normalized spacial score (nSPS) is 11.7. The fourth-order valence-corrected chi connectivity index (χ4v) is 5.61. The molecule has 0 spiro atoms. The summed E-state index contributed by atoms with van der Waals surface area (Å²) in [4.78, 5) is 28.0. The van der Waals surface area contributed by atoms with Gasteiger partial charge in [-0.3, -0.25) is 14.3 Å². The minimum absolute atomic E-state index is 0.0421. The summed E-state index contributed by atoms with van der Waals surface area (Å²) in [6.07, 6.45) is 0.541. The van der Waals surface area contributed by atoms with Crippen LogP contribution in [0.15, 0.2) is 102 Å². The maximum Gasteiger partial charge on any atom is 0.261 e. The molecule has 2 amide bonds. The van der Waals surface area contributed by atoms with Gasteiger partial charge in [-0.15, -0.1) is 0 Å². The maximum absolute atomic E-state index is 13.4. The zero-order chi connectivity index (χ0) is 33.1. The number of nitrogens with one attached hydrogen (secondary N) is 2. The van der Waals surface area contributed by atoms with Gasteiger partial charge in [0, 0.05) is 18.8 Å². The number of ether oxygens (including phenoxy) is 3. The molecule has 10 nitrogen and oxygen atoms in total. The highest BCUT2D eigenvalue weighted by molar-refractivity contribution is 7.92. The van der Waals surface area contributed by atoms with Gasteiger partial charge in [-0.05, 0) is 85.1 Å². The molecule has 0 saturated carbocycles. The topological polar surface area (TPSA) is 123 Å². The van der Waals surface area contributed by atoms with Crippen LogP contribution in [-0.2, 0) is 32.6 Å². The van der Waals surface area contributed by atoms with E-state index < -0.39 is 27.8 Å². The SMILES string of the molecule is COc1ccc(CCNC(=O)C(C)N(Cc2ccccc2)C(=O)COc2ccc(S(=O)(=O)Nc3ccc(F)cc3)cc2)cc1OC. The molecule has 4 rings (SSSR count). The van der Waals surface area contributed by atoms with Crippen LogP contribution in [0.2, 0.25) is 0 Å². The fourth-order valence-electron chi connectivity index (χ4n) is 4.55. The van der Waals surface area contributed by atoms with Gasteiger partial charge in [-0.25, -0.2) is 12.8 Å². The van der Waals surface area contributed by atoms with Crippen LogP contribution < -0.4 is 24.2 Å². The highest BCUT2D eigenvalue weighted by Crippen LogP contribution is 2.27. The minimum atomic E-state index is -3.93. The van der Waals surface area contributed by atoms with Crippen LogP contribution in [0.5, 0.6) is 17.2 Å². The number of carbonyl (C=O) groups is 2. The van der Waals surface area contributed by atoms with Crippen molar-refractivity contribution in [2.45, 2.75) is 30.8 Å². The first-order valence-corrected chi connectivity index (χ1v) is 15.9. The maximum atomic E-state index is 13.4. The lowest BCUT2D eigenvalue weighted by molar-refractivity contribution is -0.142. The van der Waals surface area contributed by atoms with E-state index >= 15 is 0 Å². The summed E-state index contributed by atoms with van der Waals surface area (Å²) in [6, 6.07) is 24.5. The van der Waals surface area contributed by atoms with Crippen molar-refractivity contribution in [3.8, 4) is 17.2 Å². The molecule has 0 aliphatic heterocycles. The second kappa shape index (κ2) is 15.8. The molecule has 0 aliphatic rings.